The Balaban J connectivity index is 1.58. The molecule has 0 spiro atoms. The van der Waals surface area contributed by atoms with Crippen LogP contribution in [0.25, 0.3) is 0 Å². The molecule has 1 aromatic heterocycles. The molecule has 29 heavy (non-hydrogen) atoms. The second-order valence-corrected chi connectivity index (χ2v) is 7.41. The van der Waals surface area contributed by atoms with Crippen molar-refractivity contribution in [2.45, 2.75) is 39.2 Å². The molecule has 1 saturated heterocycles. The highest BCUT2D eigenvalue weighted by Crippen LogP contribution is 2.28. The third-order valence-electron chi connectivity index (χ3n) is 5.44. The molecule has 154 valence electrons. The molecule has 2 aromatic rings. The molecule has 0 radical (unpaired) electrons. The van der Waals surface area contributed by atoms with E-state index in [1.165, 1.54) is 0 Å². The van der Waals surface area contributed by atoms with Gasteiger partial charge in [0.15, 0.2) is 5.69 Å². The highest BCUT2D eigenvalue weighted by molar-refractivity contribution is 6.06. The fourth-order valence-corrected chi connectivity index (χ4v) is 3.92. The molecular formula is C21H27N5O3. The van der Waals surface area contributed by atoms with E-state index in [2.05, 4.69) is 20.8 Å². The van der Waals surface area contributed by atoms with Crippen LogP contribution in [0.15, 0.2) is 18.2 Å². The molecule has 2 aliphatic heterocycles. The molecule has 8 nitrogen and oxygen atoms in total. The van der Waals surface area contributed by atoms with Crippen molar-refractivity contribution < 1.29 is 14.3 Å². The van der Waals surface area contributed by atoms with Crippen LogP contribution in [0, 0.1) is 0 Å². The summed E-state index contributed by atoms with van der Waals surface area (Å²) in [5.41, 5.74) is 3.30. The molecule has 8 heteroatoms. The maximum atomic E-state index is 12.9. The lowest BCUT2D eigenvalue weighted by molar-refractivity contribution is 0.0724. The molecular weight excluding hydrogens is 370 g/mol. The van der Waals surface area contributed by atoms with Gasteiger partial charge in [0, 0.05) is 49.4 Å². The third kappa shape index (κ3) is 4.12. The molecule has 0 bridgehead atoms. The maximum Gasteiger partial charge on any atom is 0.276 e. The van der Waals surface area contributed by atoms with Crippen molar-refractivity contribution in [3.05, 3.63) is 40.7 Å². The Hall–Kier alpha value is -2.87. The number of carbonyl (C=O) groups is 2. The van der Waals surface area contributed by atoms with Gasteiger partial charge in [0.05, 0.1) is 12.3 Å². The van der Waals surface area contributed by atoms with Gasteiger partial charge in [-0.15, -0.1) is 0 Å². The number of anilines is 1. The molecule has 0 atom stereocenters. The van der Waals surface area contributed by atoms with E-state index in [0.29, 0.717) is 35.8 Å². The van der Waals surface area contributed by atoms with Gasteiger partial charge in [0.25, 0.3) is 11.8 Å². The SMILES string of the molecule is CCOc1ccc(C(=O)N2CCCCC2)cc1NC(=O)c1n[nH]c2c1CNCC2. The number of rotatable bonds is 5. The lowest BCUT2D eigenvalue weighted by Crippen LogP contribution is -2.35. The second-order valence-electron chi connectivity index (χ2n) is 7.41. The number of hydrogen-bond acceptors (Lipinski definition) is 5. The summed E-state index contributed by atoms with van der Waals surface area (Å²) in [6.45, 7) is 5.38. The second kappa shape index (κ2) is 8.65. The Morgan fingerprint density at radius 2 is 2.07 bits per heavy atom. The summed E-state index contributed by atoms with van der Waals surface area (Å²) in [5, 5.41) is 13.3. The first-order valence-electron chi connectivity index (χ1n) is 10.3. The Morgan fingerprint density at radius 1 is 1.24 bits per heavy atom. The lowest BCUT2D eigenvalue weighted by atomic mass is 10.1. The number of ether oxygens (including phenoxy) is 1. The van der Waals surface area contributed by atoms with E-state index in [-0.39, 0.29) is 11.8 Å². The Kier molecular flexibility index (Phi) is 5.80. The smallest absolute Gasteiger partial charge is 0.276 e. The van der Waals surface area contributed by atoms with Crippen molar-refractivity contribution in [2.24, 2.45) is 0 Å². The van der Waals surface area contributed by atoms with Crippen LogP contribution in [0.3, 0.4) is 0 Å². The average Bonchev–Trinajstić information content (AvgIpc) is 3.19. The van der Waals surface area contributed by atoms with E-state index < -0.39 is 0 Å². The number of aromatic nitrogens is 2. The van der Waals surface area contributed by atoms with Crippen LogP contribution in [0.2, 0.25) is 0 Å². The monoisotopic (exact) mass is 397 g/mol. The quantitative estimate of drug-likeness (QED) is 0.719. The first-order valence-corrected chi connectivity index (χ1v) is 10.3. The number of aromatic amines is 1. The normalized spacial score (nSPS) is 16.2. The summed E-state index contributed by atoms with van der Waals surface area (Å²) in [6, 6.07) is 5.22. The van der Waals surface area contributed by atoms with Crippen LogP contribution in [0.1, 0.15) is 58.3 Å². The fourth-order valence-electron chi connectivity index (χ4n) is 3.92. The highest BCUT2D eigenvalue weighted by atomic mass is 16.5. The number of benzene rings is 1. The van der Waals surface area contributed by atoms with E-state index in [1.807, 2.05) is 11.8 Å². The molecule has 0 saturated carbocycles. The fraction of sp³-hybridized carbons (Fsp3) is 0.476. The zero-order valence-corrected chi connectivity index (χ0v) is 16.7. The van der Waals surface area contributed by atoms with Gasteiger partial charge in [-0.2, -0.15) is 5.10 Å². The van der Waals surface area contributed by atoms with Crippen LogP contribution in [0.4, 0.5) is 5.69 Å². The zero-order chi connectivity index (χ0) is 20.2. The largest absolute Gasteiger partial charge is 0.492 e. The number of H-pyrrole nitrogens is 1. The van der Waals surface area contributed by atoms with Crippen LogP contribution < -0.4 is 15.4 Å². The predicted molar refractivity (Wildman–Crippen MR) is 109 cm³/mol. The number of carbonyl (C=O) groups excluding carboxylic acids is 2. The summed E-state index contributed by atoms with van der Waals surface area (Å²) < 4.78 is 5.67. The third-order valence-corrected chi connectivity index (χ3v) is 5.44. The van der Waals surface area contributed by atoms with Crippen molar-refractivity contribution in [1.29, 1.82) is 0 Å². The number of likely N-dealkylation sites (tertiary alicyclic amines) is 1. The van der Waals surface area contributed by atoms with Crippen LogP contribution in [-0.2, 0) is 13.0 Å². The highest BCUT2D eigenvalue weighted by Gasteiger charge is 2.24. The lowest BCUT2D eigenvalue weighted by Gasteiger charge is -2.27. The van der Waals surface area contributed by atoms with Crippen molar-refractivity contribution in [3.8, 4) is 5.75 Å². The standard InChI is InChI=1S/C21H27N5O3/c1-2-29-18-7-6-14(21(28)26-10-4-3-5-11-26)12-17(18)23-20(27)19-15-13-22-9-8-16(15)24-25-19/h6-7,12,22H,2-5,8-11,13H2,1H3,(H,23,27)(H,24,25). The zero-order valence-electron chi connectivity index (χ0n) is 16.7. The number of nitrogens with zero attached hydrogens (tertiary/aromatic N) is 2. The average molecular weight is 397 g/mol. The summed E-state index contributed by atoms with van der Waals surface area (Å²) in [5.74, 6) is 0.220. The molecule has 1 fully saturated rings. The Morgan fingerprint density at radius 3 is 2.86 bits per heavy atom. The van der Waals surface area contributed by atoms with Crippen molar-refractivity contribution in [3.63, 3.8) is 0 Å². The summed E-state index contributed by atoms with van der Waals surface area (Å²) in [6.07, 6.45) is 4.05. The number of fused-ring (bicyclic) bond motifs is 1. The molecule has 3 N–H and O–H groups in total. The van der Waals surface area contributed by atoms with Gasteiger partial charge in [0.1, 0.15) is 5.75 Å². The van der Waals surface area contributed by atoms with Gasteiger partial charge in [0.2, 0.25) is 0 Å². The topological polar surface area (TPSA) is 99.3 Å². The number of piperidine rings is 1. The van der Waals surface area contributed by atoms with Crippen molar-refractivity contribution >= 4 is 17.5 Å². The number of nitrogens with one attached hydrogen (secondary N) is 3. The molecule has 2 amide bonds. The van der Waals surface area contributed by atoms with E-state index in [0.717, 1.165) is 56.6 Å². The van der Waals surface area contributed by atoms with Crippen LogP contribution >= 0.6 is 0 Å². The summed E-state index contributed by atoms with van der Waals surface area (Å²) in [4.78, 5) is 27.7. The minimum absolute atomic E-state index is 0.00963. The van der Waals surface area contributed by atoms with Gasteiger partial charge in [-0.25, -0.2) is 0 Å². The Labute approximate surface area is 170 Å². The van der Waals surface area contributed by atoms with E-state index in [4.69, 9.17) is 4.74 Å². The van der Waals surface area contributed by atoms with Crippen LogP contribution in [-0.4, -0.2) is 53.2 Å². The van der Waals surface area contributed by atoms with E-state index >= 15 is 0 Å². The van der Waals surface area contributed by atoms with Gasteiger partial charge < -0.3 is 20.3 Å². The minimum Gasteiger partial charge on any atom is -0.492 e. The number of amides is 2. The molecule has 2 aliphatic rings. The molecule has 3 heterocycles. The van der Waals surface area contributed by atoms with E-state index in [1.54, 1.807) is 18.2 Å². The van der Waals surface area contributed by atoms with Crippen molar-refractivity contribution in [1.82, 2.24) is 20.4 Å². The maximum absolute atomic E-state index is 12.9. The molecule has 0 unspecified atom stereocenters. The van der Waals surface area contributed by atoms with Crippen molar-refractivity contribution in [2.75, 3.05) is 31.6 Å². The Bertz CT molecular complexity index is 902. The van der Waals surface area contributed by atoms with Crippen LogP contribution in [0.5, 0.6) is 5.75 Å². The number of hydrogen-bond donors (Lipinski definition) is 3. The summed E-state index contributed by atoms with van der Waals surface area (Å²) in [7, 11) is 0. The van der Waals surface area contributed by atoms with E-state index in [9.17, 15) is 9.59 Å². The molecule has 1 aromatic carbocycles. The molecule has 0 aliphatic carbocycles. The first kappa shape index (κ1) is 19.4. The van der Waals surface area contributed by atoms with Gasteiger partial charge in [-0.1, -0.05) is 0 Å². The molecule has 4 rings (SSSR count). The predicted octanol–water partition coefficient (Wildman–Crippen LogP) is 2.33. The first-order chi connectivity index (χ1) is 14.2. The van der Waals surface area contributed by atoms with Gasteiger partial charge >= 0.3 is 0 Å². The summed E-state index contributed by atoms with van der Waals surface area (Å²) >= 11 is 0. The van der Waals surface area contributed by atoms with Gasteiger partial charge in [-0.3, -0.25) is 14.7 Å². The minimum atomic E-state index is -0.310. The van der Waals surface area contributed by atoms with Gasteiger partial charge in [-0.05, 0) is 44.4 Å².